The maximum atomic E-state index is 12.8. The number of hydrogen-bond acceptors (Lipinski definition) is 5. The third kappa shape index (κ3) is 6.82. The van der Waals surface area contributed by atoms with Crippen LogP contribution < -0.4 is 5.32 Å². The molecule has 6 nitrogen and oxygen atoms in total. The van der Waals surface area contributed by atoms with E-state index in [2.05, 4.69) is 5.32 Å². The van der Waals surface area contributed by atoms with Crippen LogP contribution in [0.4, 0.5) is 10.1 Å². The predicted molar refractivity (Wildman–Crippen MR) is 99.5 cm³/mol. The van der Waals surface area contributed by atoms with E-state index in [-0.39, 0.29) is 5.75 Å². The van der Waals surface area contributed by atoms with Gasteiger partial charge in [-0.3, -0.25) is 4.79 Å². The molecule has 0 unspecified atom stereocenters. The van der Waals surface area contributed by atoms with Gasteiger partial charge in [-0.05, 0) is 48.4 Å². The maximum Gasteiger partial charge on any atom is 0.338 e. The SMILES string of the molecule is CCCOC(=O)c1ccc(CS(=O)(=O)CC(=O)Nc2ccc(F)cc2)cc1. The van der Waals surface area contributed by atoms with Crippen LogP contribution in [-0.4, -0.2) is 32.7 Å². The summed E-state index contributed by atoms with van der Waals surface area (Å²) >= 11 is 0. The molecule has 0 fully saturated rings. The van der Waals surface area contributed by atoms with E-state index in [1.165, 1.54) is 36.4 Å². The lowest BCUT2D eigenvalue weighted by atomic mass is 10.1. The molecule has 0 saturated carbocycles. The van der Waals surface area contributed by atoms with Gasteiger partial charge in [0.1, 0.15) is 11.6 Å². The lowest BCUT2D eigenvalue weighted by molar-refractivity contribution is -0.113. The Bertz CT molecular complexity index is 893. The molecule has 1 N–H and O–H groups in total. The second-order valence-corrected chi connectivity index (χ2v) is 7.98. The molecule has 2 rings (SSSR count). The second kappa shape index (κ2) is 9.27. The van der Waals surface area contributed by atoms with Crippen molar-refractivity contribution in [2.24, 2.45) is 0 Å². The van der Waals surface area contributed by atoms with Gasteiger partial charge in [-0.25, -0.2) is 17.6 Å². The molecule has 2 aromatic rings. The summed E-state index contributed by atoms with van der Waals surface area (Å²) in [5.74, 6) is -2.67. The van der Waals surface area contributed by atoms with E-state index in [1.54, 1.807) is 0 Å². The Kier molecular flexibility index (Phi) is 7.06. The van der Waals surface area contributed by atoms with Gasteiger partial charge < -0.3 is 10.1 Å². The number of carbonyl (C=O) groups excluding carboxylic acids is 2. The van der Waals surface area contributed by atoms with Gasteiger partial charge in [0, 0.05) is 5.69 Å². The number of carbonyl (C=O) groups is 2. The molecule has 27 heavy (non-hydrogen) atoms. The number of anilines is 1. The molecule has 2 aromatic carbocycles. The van der Waals surface area contributed by atoms with Crippen LogP contribution >= 0.6 is 0 Å². The Morgan fingerprint density at radius 2 is 1.67 bits per heavy atom. The molecule has 144 valence electrons. The van der Waals surface area contributed by atoms with Crippen LogP contribution in [0.2, 0.25) is 0 Å². The van der Waals surface area contributed by atoms with Gasteiger partial charge in [0.2, 0.25) is 5.91 Å². The first-order valence-electron chi connectivity index (χ1n) is 8.31. The fourth-order valence-electron chi connectivity index (χ4n) is 2.25. The number of hydrogen-bond donors (Lipinski definition) is 1. The summed E-state index contributed by atoms with van der Waals surface area (Å²) in [5.41, 5.74) is 1.10. The van der Waals surface area contributed by atoms with Crippen LogP contribution in [0.1, 0.15) is 29.3 Å². The number of benzene rings is 2. The Morgan fingerprint density at radius 1 is 1.04 bits per heavy atom. The zero-order valence-corrected chi connectivity index (χ0v) is 15.6. The van der Waals surface area contributed by atoms with Gasteiger partial charge in [0.05, 0.1) is 17.9 Å². The van der Waals surface area contributed by atoms with E-state index in [4.69, 9.17) is 4.74 Å². The Hall–Kier alpha value is -2.74. The van der Waals surface area contributed by atoms with Crippen molar-refractivity contribution in [2.75, 3.05) is 17.7 Å². The van der Waals surface area contributed by atoms with Crippen molar-refractivity contribution in [3.8, 4) is 0 Å². The first kappa shape index (κ1) is 20.6. The Labute approximate surface area is 157 Å². The lowest BCUT2D eigenvalue weighted by Gasteiger charge is -2.07. The predicted octanol–water partition coefficient (Wildman–Crippen LogP) is 2.95. The van der Waals surface area contributed by atoms with Gasteiger partial charge >= 0.3 is 5.97 Å². The average Bonchev–Trinajstić information content (AvgIpc) is 2.61. The summed E-state index contributed by atoms with van der Waals surface area (Å²) in [6, 6.07) is 11.0. The van der Waals surface area contributed by atoms with Crippen LogP contribution in [0.25, 0.3) is 0 Å². The fourth-order valence-corrected chi connectivity index (χ4v) is 3.52. The summed E-state index contributed by atoms with van der Waals surface area (Å²) in [6.45, 7) is 2.20. The summed E-state index contributed by atoms with van der Waals surface area (Å²) in [6.07, 6.45) is 0.710. The fraction of sp³-hybridized carbons (Fsp3) is 0.263. The van der Waals surface area contributed by atoms with Crippen molar-refractivity contribution in [1.29, 1.82) is 0 Å². The number of sulfone groups is 1. The molecular weight excluding hydrogens is 373 g/mol. The van der Waals surface area contributed by atoms with Crippen molar-refractivity contribution in [3.05, 3.63) is 65.5 Å². The van der Waals surface area contributed by atoms with E-state index < -0.39 is 33.3 Å². The number of nitrogens with one attached hydrogen (secondary N) is 1. The molecule has 0 radical (unpaired) electrons. The molecule has 1 amide bonds. The smallest absolute Gasteiger partial charge is 0.338 e. The molecule has 0 aliphatic heterocycles. The summed E-state index contributed by atoms with van der Waals surface area (Å²) in [4.78, 5) is 23.6. The molecule has 0 heterocycles. The maximum absolute atomic E-state index is 12.8. The van der Waals surface area contributed by atoms with E-state index in [0.29, 0.717) is 29.8 Å². The van der Waals surface area contributed by atoms with Crippen LogP contribution in [0.3, 0.4) is 0 Å². The highest BCUT2D eigenvalue weighted by atomic mass is 32.2. The Morgan fingerprint density at radius 3 is 2.26 bits per heavy atom. The second-order valence-electron chi connectivity index (χ2n) is 5.92. The van der Waals surface area contributed by atoms with Crippen molar-refractivity contribution >= 4 is 27.4 Å². The van der Waals surface area contributed by atoms with Crippen LogP contribution in [0.5, 0.6) is 0 Å². The minimum absolute atomic E-state index is 0.312. The summed E-state index contributed by atoms with van der Waals surface area (Å²) < 4.78 is 42.2. The minimum Gasteiger partial charge on any atom is -0.462 e. The number of esters is 1. The largest absolute Gasteiger partial charge is 0.462 e. The zero-order valence-electron chi connectivity index (χ0n) is 14.8. The standard InChI is InChI=1S/C19H20FNO5S/c1-2-11-26-19(23)15-5-3-14(4-6-15)12-27(24,25)13-18(22)21-17-9-7-16(20)8-10-17/h3-10H,2,11-13H2,1H3,(H,21,22). The van der Waals surface area contributed by atoms with Crippen molar-refractivity contribution in [2.45, 2.75) is 19.1 Å². The molecule has 0 aliphatic rings. The van der Waals surface area contributed by atoms with Crippen LogP contribution in [0, 0.1) is 5.82 Å². The normalized spacial score (nSPS) is 11.0. The van der Waals surface area contributed by atoms with E-state index in [9.17, 15) is 22.4 Å². The molecule has 0 spiro atoms. The Balaban J connectivity index is 1.94. The summed E-state index contributed by atoms with van der Waals surface area (Å²) in [5, 5.41) is 2.41. The average molecular weight is 393 g/mol. The van der Waals surface area contributed by atoms with Gasteiger partial charge in [-0.1, -0.05) is 19.1 Å². The van der Waals surface area contributed by atoms with E-state index in [0.717, 1.165) is 12.1 Å². The molecule has 0 aromatic heterocycles. The molecule has 0 atom stereocenters. The number of amides is 1. The quantitative estimate of drug-likeness (QED) is 0.697. The van der Waals surface area contributed by atoms with Crippen LogP contribution in [-0.2, 0) is 25.1 Å². The highest BCUT2D eigenvalue weighted by molar-refractivity contribution is 7.91. The highest BCUT2D eigenvalue weighted by Crippen LogP contribution is 2.12. The van der Waals surface area contributed by atoms with Gasteiger partial charge in [0.15, 0.2) is 9.84 Å². The van der Waals surface area contributed by atoms with E-state index >= 15 is 0 Å². The third-order valence-corrected chi connectivity index (χ3v) is 4.97. The highest BCUT2D eigenvalue weighted by Gasteiger charge is 2.18. The molecule has 0 aliphatic carbocycles. The number of rotatable bonds is 8. The molecular formula is C19H20FNO5S. The number of halogens is 1. The zero-order chi connectivity index (χ0) is 19.9. The minimum atomic E-state index is -3.71. The summed E-state index contributed by atoms with van der Waals surface area (Å²) in [7, 11) is -3.71. The van der Waals surface area contributed by atoms with Gasteiger partial charge in [0.25, 0.3) is 0 Å². The van der Waals surface area contributed by atoms with Gasteiger partial charge in [-0.2, -0.15) is 0 Å². The third-order valence-electron chi connectivity index (χ3n) is 3.49. The van der Waals surface area contributed by atoms with Crippen molar-refractivity contribution in [1.82, 2.24) is 0 Å². The molecule has 8 heteroatoms. The van der Waals surface area contributed by atoms with Crippen LogP contribution in [0.15, 0.2) is 48.5 Å². The first-order valence-corrected chi connectivity index (χ1v) is 10.1. The van der Waals surface area contributed by atoms with Gasteiger partial charge in [-0.15, -0.1) is 0 Å². The van der Waals surface area contributed by atoms with E-state index in [1.807, 2.05) is 6.92 Å². The number of ether oxygens (including phenoxy) is 1. The van der Waals surface area contributed by atoms with Crippen molar-refractivity contribution in [3.63, 3.8) is 0 Å². The monoisotopic (exact) mass is 393 g/mol. The molecule has 0 bridgehead atoms. The topological polar surface area (TPSA) is 89.5 Å². The molecule has 0 saturated heterocycles. The van der Waals surface area contributed by atoms with Crippen molar-refractivity contribution < 1.29 is 27.1 Å². The lowest BCUT2D eigenvalue weighted by Crippen LogP contribution is -2.24. The first-order chi connectivity index (χ1) is 12.8.